The molecule has 0 aliphatic carbocycles. The number of hydrogen-bond acceptors (Lipinski definition) is 8. The van der Waals surface area contributed by atoms with Crippen LogP contribution in [0, 0.1) is 5.82 Å². The van der Waals surface area contributed by atoms with Crippen LogP contribution in [0.5, 0.6) is 0 Å². The molecule has 2 N–H and O–H groups in total. The van der Waals surface area contributed by atoms with E-state index in [2.05, 4.69) is 10.6 Å². The second-order valence-corrected chi connectivity index (χ2v) is 12.5. The topological polar surface area (TPSA) is 148 Å². The van der Waals surface area contributed by atoms with Gasteiger partial charge in [-0.3, -0.25) is 8.98 Å². The predicted molar refractivity (Wildman–Crippen MR) is 162 cm³/mol. The normalized spacial score (nSPS) is 11.5. The fourth-order valence-electron chi connectivity index (χ4n) is 3.88. The van der Waals surface area contributed by atoms with Gasteiger partial charge in [0.05, 0.1) is 24.3 Å². The average Bonchev–Trinajstić information content (AvgIpc) is 2.99. The monoisotopic (exact) mass is 641 g/mol. The molecule has 0 radical (unpaired) electrons. The third-order valence-corrected chi connectivity index (χ3v) is 7.74. The maximum absolute atomic E-state index is 13.4. The smallest absolute Gasteiger partial charge is 0.308 e. The first-order valence-corrected chi connectivity index (χ1v) is 16.3. The van der Waals surface area contributed by atoms with E-state index in [0.29, 0.717) is 27.6 Å². The van der Waals surface area contributed by atoms with E-state index in [-0.39, 0.29) is 30.0 Å². The molecular formula is C30H28FN3O8S2. The number of halogens is 1. The van der Waals surface area contributed by atoms with Gasteiger partial charge in [0.2, 0.25) is 0 Å². The molecular weight excluding hydrogens is 613 g/mol. The number of nitrogens with zero attached hydrogens (tertiary/aromatic N) is 1. The first kappa shape index (κ1) is 32.3. The minimum atomic E-state index is -4.56. The van der Waals surface area contributed by atoms with Crippen molar-refractivity contribution in [1.82, 2.24) is 5.06 Å². The zero-order valence-corrected chi connectivity index (χ0v) is 25.0. The van der Waals surface area contributed by atoms with Gasteiger partial charge in [-0.1, -0.05) is 42.5 Å². The molecule has 0 unspecified atom stereocenters. The van der Waals surface area contributed by atoms with E-state index in [0.717, 1.165) is 6.26 Å². The Hall–Kier alpha value is -4.63. The summed E-state index contributed by atoms with van der Waals surface area (Å²) in [5.74, 6) is -1.29. The minimum absolute atomic E-state index is 0.0262. The molecule has 0 fully saturated rings. The second kappa shape index (κ2) is 14.2. The summed E-state index contributed by atoms with van der Waals surface area (Å²) in [6, 6.07) is 25.0. The second-order valence-electron chi connectivity index (χ2n) is 9.37. The molecule has 0 heterocycles. The largest absolute Gasteiger partial charge is 0.323 e. The molecule has 0 saturated carbocycles. The molecule has 4 aromatic rings. The molecule has 44 heavy (non-hydrogen) atoms. The molecule has 14 heteroatoms. The Morgan fingerprint density at radius 3 is 2.05 bits per heavy atom. The van der Waals surface area contributed by atoms with Crippen LogP contribution in [0.4, 0.5) is 20.6 Å². The number of nitrogens with one attached hydrogen (secondary N) is 2. The molecule has 0 saturated heterocycles. The molecule has 230 valence electrons. The molecule has 0 aliphatic rings. The number of amides is 3. The number of hydroxylamine groups is 2. The van der Waals surface area contributed by atoms with Gasteiger partial charge < -0.3 is 10.6 Å². The van der Waals surface area contributed by atoms with Crippen LogP contribution in [-0.2, 0) is 28.7 Å². The van der Waals surface area contributed by atoms with Crippen molar-refractivity contribution in [3.63, 3.8) is 0 Å². The van der Waals surface area contributed by atoms with Gasteiger partial charge in [0.1, 0.15) is 5.82 Å². The van der Waals surface area contributed by atoms with Crippen molar-refractivity contribution in [3.8, 4) is 11.1 Å². The summed E-state index contributed by atoms with van der Waals surface area (Å²) in [5.41, 5.74) is 1.98. The Morgan fingerprint density at radius 1 is 0.773 bits per heavy atom. The molecule has 0 bridgehead atoms. The van der Waals surface area contributed by atoms with E-state index in [1.807, 2.05) is 0 Å². The Labute approximate surface area is 254 Å². The number of anilines is 2. The summed E-state index contributed by atoms with van der Waals surface area (Å²) in [6.07, 6.45) is 0.782. The molecule has 11 nitrogen and oxygen atoms in total. The Balaban J connectivity index is 1.51. The first-order valence-electron chi connectivity index (χ1n) is 13.1. The van der Waals surface area contributed by atoms with Crippen LogP contribution in [0.15, 0.2) is 108 Å². The highest BCUT2D eigenvalue weighted by atomic mass is 32.2. The highest BCUT2D eigenvalue weighted by Gasteiger charge is 2.26. The van der Waals surface area contributed by atoms with Crippen LogP contribution in [-0.4, -0.2) is 53.2 Å². The van der Waals surface area contributed by atoms with E-state index in [9.17, 15) is 30.8 Å². The van der Waals surface area contributed by atoms with Crippen LogP contribution < -0.4 is 10.6 Å². The van der Waals surface area contributed by atoms with Crippen molar-refractivity contribution in [3.05, 3.63) is 115 Å². The van der Waals surface area contributed by atoms with Gasteiger partial charge in [0, 0.05) is 16.9 Å². The van der Waals surface area contributed by atoms with Gasteiger partial charge >= 0.3 is 16.1 Å². The SMILES string of the molecule is CS(=O)(=O)OCCCN(OS(=O)(=O)c1cccc(-c2ccc(F)cc2)c1)C(=O)c1ccc(NC(=O)Nc2ccccc2)cc1. The number of urea groups is 1. The lowest BCUT2D eigenvalue weighted by Crippen LogP contribution is -2.35. The third kappa shape index (κ3) is 9.44. The van der Waals surface area contributed by atoms with Gasteiger partial charge in [-0.05, 0) is 78.2 Å². The number of carbonyl (C=O) groups is 2. The molecule has 3 amide bonds. The maximum atomic E-state index is 13.4. The van der Waals surface area contributed by atoms with Crippen molar-refractivity contribution in [2.24, 2.45) is 0 Å². The number of rotatable bonds is 12. The zero-order chi connectivity index (χ0) is 31.7. The number of para-hydroxylation sites is 1. The van der Waals surface area contributed by atoms with E-state index in [1.165, 1.54) is 66.7 Å². The Morgan fingerprint density at radius 2 is 1.41 bits per heavy atom. The van der Waals surface area contributed by atoms with E-state index < -0.39 is 38.0 Å². The highest BCUT2D eigenvalue weighted by Crippen LogP contribution is 2.25. The van der Waals surface area contributed by atoms with Gasteiger partial charge in [-0.2, -0.15) is 21.9 Å². The summed E-state index contributed by atoms with van der Waals surface area (Å²) < 4.78 is 72.6. The summed E-state index contributed by atoms with van der Waals surface area (Å²) >= 11 is 0. The van der Waals surface area contributed by atoms with Crippen molar-refractivity contribution in [2.45, 2.75) is 11.3 Å². The van der Waals surface area contributed by atoms with Crippen LogP contribution >= 0.6 is 0 Å². The van der Waals surface area contributed by atoms with Crippen LogP contribution in [0.2, 0.25) is 0 Å². The van der Waals surface area contributed by atoms with Gasteiger partial charge in [0.15, 0.2) is 0 Å². The summed E-state index contributed by atoms with van der Waals surface area (Å²) in [6.45, 7) is -0.670. The third-order valence-electron chi connectivity index (χ3n) is 5.94. The van der Waals surface area contributed by atoms with Gasteiger partial charge in [-0.25, -0.2) is 9.18 Å². The molecule has 4 rings (SSSR count). The van der Waals surface area contributed by atoms with E-state index in [4.69, 9.17) is 8.47 Å². The van der Waals surface area contributed by atoms with E-state index in [1.54, 1.807) is 36.4 Å². The lowest BCUT2D eigenvalue weighted by Gasteiger charge is -2.21. The lowest BCUT2D eigenvalue weighted by atomic mass is 10.1. The van der Waals surface area contributed by atoms with Crippen molar-refractivity contribution in [2.75, 3.05) is 30.0 Å². The molecule has 0 aliphatic heterocycles. The Bertz CT molecular complexity index is 1820. The molecule has 0 spiro atoms. The van der Waals surface area contributed by atoms with Gasteiger partial charge in [-0.15, -0.1) is 4.28 Å². The average molecular weight is 642 g/mol. The standard InChI is InChI=1S/C30H28FN3O8S2/c1-43(37,38)41-20-6-19-34(42-44(39,40)28-10-5-7-24(21-28)22-11-15-25(31)16-12-22)29(35)23-13-17-27(18-14-23)33-30(36)32-26-8-3-2-4-9-26/h2-5,7-18,21H,6,19-20H2,1H3,(H2,32,33,36). The van der Waals surface area contributed by atoms with Gasteiger partial charge in [0.25, 0.3) is 16.0 Å². The van der Waals surface area contributed by atoms with Crippen molar-refractivity contribution in [1.29, 1.82) is 0 Å². The number of carbonyl (C=O) groups excluding carboxylic acids is 2. The summed E-state index contributed by atoms with van der Waals surface area (Å²) in [5, 5.41) is 5.88. The Kier molecular flexibility index (Phi) is 10.4. The van der Waals surface area contributed by atoms with Crippen LogP contribution in [0.1, 0.15) is 16.8 Å². The quantitative estimate of drug-likeness (QED) is 0.121. The first-order chi connectivity index (χ1) is 20.9. The summed E-state index contributed by atoms with van der Waals surface area (Å²) in [4.78, 5) is 25.4. The van der Waals surface area contributed by atoms with Crippen LogP contribution in [0.25, 0.3) is 11.1 Å². The van der Waals surface area contributed by atoms with Crippen molar-refractivity contribution >= 4 is 43.5 Å². The number of benzene rings is 4. The van der Waals surface area contributed by atoms with Crippen LogP contribution in [0.3, 0.4) is 0 Å². The number of hydrogen-bond donors (Lipinski definition) is 2. The van der Waals surface area contributed by atoms with Crippen molar-refractivity contribution < 1.29 is 39.3 Å². The zero-order valence-electron chi connectivity index (χ0n) is 23.3. The van der Waals surface area contributed by atoms with E-state index >= 15 is 0 Å². The fraction of sp³-hybridized carbons (Fsp3) is 0.133. The molecule has 4 aromatic carbocycles. The molecule has 0 atom stereocenters. The molecule has 0 aromatic heterocycles. The minimum Gasteiger partial charge on any atom is -0.308 e. The lowest BCUT2D eigenvalue weighted by molar-refractivity contribution is -0.0299. The highest BCUT2D eigenvalue weighted by molar-refractivity contribution is 7.86. The fourth-order valence-corrected chi connectivity index (χ4v) is 5.28. The summed E-state index contributed by atoms with van der Waals surface area (Å²) in [7, 11) is -8.33. The maximum Gasteiger partial charge on any atom is 0.323 e. The predicted octanol–water partition coefficient (Wildman–Crippen LogP) is 5.27.